The van der Waals surface area contributed by atoms with Gasteiger partial charge in [-0.25, -0.2) is 4.98 Å². The minimum atomic E-state index is -0.0220. The number of nitrogens with two attached hydrogens (primary N) is 1. The molecule has 20 heavy (non-hydrogen) atoms. The summed E-state index contributed by atoms with van der Waals surface area (Å²) in [5.41, 5.74) is 9.00. The molecule has 1 aromatic heterocycles. The van der Waals surface area contributed by atoms with Crippen molar-refractivity contribution in [3.05, 3.63) is 59.3 Å². The summed E-state index contributed by atoms with van der Waals surface area (Å²) < 4.78 is 5.96. The van der Waals surface area contributed by atoms with Crippen LogP contribution < -0.4 is 10.5 Å². The Balaban J connectivity index is 2.17. The van der Waals surface area contributed by atoms with Crippen LogP contribution in [0.5, 0.6) is 5.88 Å². The van der Waals surface area contributed by atoms with Crippen LogP contribution in [-0.4, -0.2) is 4.98 Å². The fourth-order valence-corrected chi connectivity index (χ4v) is 2.16. The molecule has 0 spiro atoms. The maximum atomic E-state index is 5.96. The summed E-state index contributed by atoms with van der Waals surface area (Å²) >= 11 is 0. The molecule has 1 aromatic carbocycles. The average Bonchev–Trinajstić information content (AvgIpc) is 2.48. The number of benzene rings is 1. The van der Waals surface area contributed by atoms with Gasteiger partial charge in [-0.3, -0.25) is 0 Å². The highest BCUT2D eigenvalue weighted by molar-refractivity contribution is 5.26. The van der Waals surface area contributed by atoms with E-state index in [1.165, 1.54) is 0 Å². The van der Waals surface area contributed by atoms with Crippen LogP contribution in [0.25, 0.3) is 0 Å². The molecule has 0 fully saturated rings. The molecule has 0 amide bonds. The molecule has 0 aliphatic heterocycles. The molecule has 3 heteroatoms. The topological polar surface area (TPSA) is 48.1 Å². The molecular formula is C17H22N2O. The summed E-state index contributed by atoms with van der Waals surface area (Å²) in [6.07, 6.45) is 1.99. The molecule has 1 heterocycles. The van der Waals surface area contributed by atoms with Crippen LogP contribution in [0, 0.1) is 0 Å². The van der Waals surface area contributed by atoms with E-state index in [2.05, 4.69) is 30.1 Å². The highest BCUT2D eigenvalue weighted by Crippen LogP contribution is 2.21. The van der Waals surface area contributed by atoms with Crippen LogP contribution in [0.2, 0.25) is 0 Å². The van der Waals surface area contributed by atoms with Gasteiger partial charge in [0.2, 0.25) is 5.88 Å². The lowest BCUT2D eigenvalue weighted by Gasteiger charge is -2.15. The van der Waals surface area contributed by atoms with Crippen molar-refractivity contribution in [3.63, 3.8) is 0 Å². The SMILES string of the molecule is CCCc1cc(CN)cc(OC(C)c2ccccc2)n1. The monoisotopic (exact) mass is 270 g/mol. The number of pyridine rings is 1. The lowest BCUT2D eigenvalue weighted by Crippen LogP contribution is -2.07. The van der Waals surface area contributed by atoms with Crippen LogP contribution in [0.3, 0.4) is 0 Å². The van der Waals surface area contributed by atoms with Crippen LogP contribution in [0.1, 0.15) is 43.2 Å². The van der Waals surface area contributed by atoms with E-state index in [1.807, 2.05) is 31.2 Å². The maximum Gasteiger partial charge on any atom is 0.214 e. The number of ether oxygens (including phenoxy) is 1. The minimum Gasteiger partial charge on any atom is -0.470 e. The zero-order chi connectivity index (χ0) is 14.4. The van der Waals surface area contributed by atoms with E-state index in [9.17, 15) is 0 Å². The first-order valence-electron chi connectivity index (χ1n) is 7.14. The number of hydrogen-bond acceptors (Lipinski definition) is 3. The molecule has 3 nitrogen and oxygen atoms in total. The van der Waals surface area contributed by atoms with Gasteiger partial charge >= 0.3 is 0 Å². The molecule has 0 saturated carbocycles. The molecule has 1 atom stereocenters. The van der Waals surface area contributed by atoms with E-state index < -0.39 is 0 Å². The quantitative estimate of drug-likeness (QED) is 0.872. The van der Waals surface area contributed by atoms with E-state index in [0.717, 1.165) is 29.7 Å². The van der Waals surface area contributed by atoms with E-state index in [4.69, 9.17) is 10.5 Å². The summed E-state index contributed by atoms with van der Waals surface area (Å²) in [4.78, 5) is 4.56. The molecule has 2 rings (SSSR count). The summed E-state index contributed by atoms with van der Waals surface area (Å²) in [6, 6.07) is 14.1. The van der Waals surface area contributed by atoms with Crippen molar-refractivity contribution < 1.29 is 4.74 Å². The highest BCUT2D eigenvalue weighted by Gasteiger charge is 2.09. The molecule has 2 N–H and O–H groups in total. The van der Waals surface area contributed by atoms with Crippen LogP contribution in [-0.2, 0) is 13.0 Å². The van der Waals surface area contributed by atoms with Crippen molar-refractivity contribution in [3.8, 4) is 5.88 Å². The van der Waals surface area contributed by atoms with Crippen molar-refractivity contribution >= 4 is 0 Å². The van der Waals surface area contributed by atoms with Gasteiger partial charge in [-0.05, 0) is 30.5 Å². The van der Waals surface area contributed by atoms with Gasteiger partial charge in [-0.15, -0.1) is 0 Å². The molecule has 0 radical (unpaired) electrons. The molecule has 0 bridgehead atoms. The van der Waals surface area contributed by atoms with Gasteiger partial charge in [-0.2, -0.15) is 0 Å². The van der Waals surface area contributed by atoms with Gasteiger partial charge < -0.3 is 10.5 Å². The van der Waals surface area contributed by atoms with Gasteiger partial charge in [-0.1, -0.05) is 43.7 Å². The van der Waals surface area contributed by atoms with E-state index >= 15 is 0 Å². The smallest absolute Gasteiger partial charge is 0.214 e. The second-order valence-electron chi connectivity index (χ2n) is 4.93. The van der Waals surface area contributed by atoms with E-state index in [0.29, 0.717) is 12.4 Å². The first kappa shape index (κ1) is 14.5. The Hall–Kier alpha value is -1.87. The van der Waals surface area contributed by atoms with E-state index in [1.54, 1.807) is 0 Å². The third-order valence-corrected chi connectivity index (χ3v) is 3.22. The molecule has 0 saturated heterocycles. The Morgan fingerprint density at radius 1 is 1.20 bits per heavy atom. The fourth-order valence-electron chi connectivity index (χ4n) is 2.16. The maximum absolute atomic E-state index is 5.96. The van der Waals surface area contributed by atoms with Crippen molar-refractivity contribution in [2.45, 2.75) is 39.3 Å². The number of hydrogen-bond donors (Lipinski definition) is 1. The number of aromatic nitrogens is 1. The largest absolute Gasteiger partial charge is 0.470 e. The summed E-state index contributed by atoms with van der Waals surface area (Å²) in [5, 5.41) is 0. The summed E-state index contributed by atoms with van der Waals surface area (Å²) in [6.45, 7) is 4.69. The number of rotatable bonds is 6. The Labute approximate surface area is 120 Å². The normalized spacial score (nSPS) is 12.2. The zero-order valence-corrected chi connectivity index (χ0v) is 12.2. The lowest BCUT2D eigenvalue weighted by molar-refractivity contribution is 0.216. The van der Waals surface area contributed by atoms with Crippen molar-refractivity contribution in [2.75, 3.05) is 0 Å². The summed E-state index contributed by atoms with van der Waals surface area (Å²) in [5.74, 6) is 0.660. The Kier molecular flexibility index (Phi) is 5.13. The van der Waals surface area contributed by atoms with Crippen LogP contribution in [0.15, 0.2) is 42.5 Å². The predicted molar refractivity (Wildman–Crippen MR) is 81.6 cm³/mol. The van der Waals surface area contributed by atoms with Crippen molar-refractivity contribution in [1.29, 1.82) is 0 Å². The Morgan fingerprint density at radius 3 is 2.60 bits per heavy atom. The lowest BCUT2D eigenvalue weighted by atomic mass is 10.1. The molecule has 106 valence electrons. The third-order valence-electron chi connectivity index (χ3n) is 3.22. The Morgan fingerprint density at radius 2 is 1.95 bits per heavy atom. The van der Waals surface area contributed by atoms with Crippen LogP contribution in [0.4, 0.5) is 0 Å². The predicted octanol–water partition coefficient (Wildman–Crippen LogP) is 3.63. The Bertz CT molecular complexity index is 540. The van der Waals surface area contributed by atoms with Gasteiger partial charge in [0, 0.05) is 18.3 Å². The molecule has 1 unspecified atom stereocenters. The first-order chi connectivity index (χ1) is 9.72. The molecular weight excluding hydrogens is 248 g/mol. The van der Waals surface area contributed by atoms with Gasteiger partial charge in [0.1, 0.15) is 6.10 Å². The zero-order valence-electron chi connectivity index (χ0n) is 12.2. The molecule has 0 aliphatic rings. The first-order valence-corrected chi connectivity index (χ1v) is 7.14. The van der Waals surface area contributed by atoms with Gasteiger partial charge in [0.25, 0.3) is 0 Å². The number of nitrogens with zero attached hydrogens (tertiary/aromatic N) is 1. The van der Waals surface area contributed by atoms with Crippen molar-refractivity contribution in [2.24, 2.45) is 5.73 Å². The van der Waals surface area contributed by atoms with Crippen molar-refractivity contribution in [1.82, 2.24) is 4.98 Å². The standard InChI is InChI=1S/C17H22N2O/c1-3-7-16-10-14(12-18)11-17(19-16)20-13(2)15-8-5-4-6-9-15/h4-6,8-11,13H,3,7,12,18H2,1-2H3. The minimum absolute atomic E-state index is 0.0220. The van der Waals surface area contributed by atoms with Gasteiger partial charge in [0.05, 0.1) is 0 Å². The fraction of sp³-hybridized carbons (Fsp3) is 0.353. The van der Waals surface area contributed by atoms with E-state index in [-0.39, 0.29) is 6.10 Å². The second kappa shape index (κ2) is 7.06. The molecule has 0 aliphatic carbocycles. The molecule has 2 aromatic rings. The highest BCUT2D eigenvalue weighted by atomic mass is 16.5. The second-order valence-corrected chi connectivity index (χ2v) is 4.93. The third kappa shape index (κ3) is 3.81. The van der Waals surface area contributed by atoms with Gasteiger partial charge in [0.15, 0.2) is 0 Å². The average molecular weight is 270 g/mol. The number of aryl methyl sites for hydroxylation is 1. The van der Waals surface area contributed by atoms with Crippen LogP contribution >= 0.6 is 0 Å². The summed E-state index contributed by atoms with van der Waals surface area (Å²) in [7, 11) is 0.